The Bertz CT molecular complexity index is 5560. The van der Waals surface area contributed by atoms with E-state index in [2.05, 4.69) is 47.1 Å². The second-order valence-corrected chi connectivity index (χ2v) is 30.9. The maximum absolute atomic E-state index is 13.4. The van der Waals surface area contributed by atoms with Crippen molar-refractivity contribution >= 4 is 85.8 Å². The Hall–Kier alpha value is -12.3. The van der Waals surface area contributed by atoms with E-state index in [4.69, 9.17) is 63.2 Å². The minimum Gasteiger partial charge on any atom is -0.494 e. The molecule has 0 radical (unpaired) electrons. The number of carbonyl (C=O) groups is 3. The first-order valence-corrected chi connectivity index (χ1v) is 40.7. The van der Waals surface area contributed by atoms with Gasteiger partial charge in [0.15, 0.2) is 0 Å². The number of aryl methyl sites for hydroxylation is 2. The second kappa shape index (κ2) is 37.1. The fourth-order valence-electron chi connectivity index (χ4n) is 15.8. The van der Waals surface area contributed by atoms with E-state index < -0.39 is 48.0 Å². The van der Waals surface area contributed by atoms with E-state index in [1.54, 1.807) is 38.1 Å². The molecule has 5 aromatic heterocycles. The number of benzene rings is 9. The van der Waals surface area contributed by atoms with Crippen molar-refractivity contribution in [2.45, 2.75) is 69.7 Å². The first-order chi connectivity index (χ1) is 58.0. The molecule has 1 fully saturated rings. The summed E-state index contributed by atoms with van der Waals surface area (Å²) in [6.45, 7) is 10.1. The highest BCUT2D eigenvalue weighted by molar-refractivity contribution is 6.32. The van der Waals surface area contributed by atoms with Gasteiger partial charge in [0.25, 0.3) is 0 Å². The number of halogens is 6. The van der Waals surface area contributed by atoms with Crippen LogP contribution in [-0.2, 0) is 32.4 Å². The number of hydrogen-bond acceptors (Lipinski definition) is 14. The average molecular weight is 1670 g/mol. The molecule has 22 nitrogen and oxygen atoms in total. The summed E-state index contributed by atoms with van der Waals surface area (Å²) < 4.78 is 78.8. The van der Waals surface area contributed by atoms with Crippen molar-refractivity contribution in [1.29, 1.82) is 0 Å². The van der Waals surface area contributed by atoms with Crippen LogP contribution >= 0.6 is 34.8 Å². The number of nitrogens with one attached hydrogen (secondary N) is 3. The number of amides is 3. The molecule has 3 atom stereocenters. The topological polar surface area (TPSA) is 219 Å². The van der Waals surface area contributed by atoms with Gasteiger partial charge in [-0.05, 0) is 236 Å². The van der Waals surface area contributed by atoms with Crippen LogP contribution in [0.1, 0.15) is 87.9 Å². The molecule has 18 rings (SSSR count). The largest absolute Gasteiger partial charge is 0.494 e. The second-order valence-electron chi connectivity index (χ2n) is 29.5. The Balaban J connectivity index is 0.000000133. The summed E-state index contributed by atoms with van der Waals surface area (Å²) in [5.41, 5.74) is 11.8. The molecule has 9 aromatic carbocycles. The fraction of sp³-hybridized carbons (Fsp3) is 0.253. The van der Waals surface area contributed by atoms with E-state index in [-0.39, 0.29) is 17.3 Å². The summed E-state index contributed by atoms with van der Waals surface area (Å²) in [4.78, 5) is 64.8. The molecule has 3 amide bonds. The number of aromatic amines is 3. The van der Waals surface area contributed by atoms with E-state index in [9.17, 15) is 27.6 Å². The van der Waals surface area contributed by atoms with E-state index in [1.165, 1.54) is 72.8 Å². The lowest BCUT2D eigenvalue weighted by Gasteiger charge is -2.35. The number of likely N-dealkylation sites (N-methyl/N-ethyl adjacent to an activating group) is 1. The molecule has 0 saturated carbocycles. The smallest absolute Gasteiger partial charge is 0.416 e. The van der Waals surface area contributed by atoms with Gasteiger partial charge >= 0.3 is 18.3 Å². The van der Waals surface area contributed by atoms with Gasteiger partial charge in [0.1, 0.15) is 70.1 Å². The highest BCUT2D eigenvalue weighted by Gasteiger charge is 2.40. The van der Waals surface area contributed by atoms with Crippen molar-refractivity contribution in [2.75, 3.05) is 79.2 Å². The van der Waals surface area contributed by atoms with Crippen molar-refractivity contribution in [3.63, 3.8) is 0 Å². The van der Waals surface area contributed by atoms with Crippen molar-refractivity contribution in [3.05, 3.63) is 314 Å². The Kier molecular flexibility index (Phi) is 25.1. The standard InChI is InChI=1S/C32H34ClFN4O3.C30H26ClFN4O3.C29H25ClFN5O3/c1-36-16-18-37(19-17-36)14-2-20-40-25-8-3-22(4-9-25)31-30-27(28-21-23(33)5-12-29(28)35-30)13-15-38(31)32(39)41-26-10-6-24(34)7-11-26;31-21-4-11-27-26(18-21)25-12-15-36(30(37)39-24-9-5-22(32)6-10-24)29(28(25)34-27)20-2-7-23(8-3-20)38-17-1-14-35-16-13-33-19-35;30-20-4-11-26-25(18-20)24-12-15-36(29(37)39-23-9-5-21(31)6-10-23)28(27(24)33-26)19-2-7-22(8-3-19)38-17-1-14-35-16-13-32-34-35/h3-12,21,31,35H,2,13-20H2,1H3;2-11,13,16,18-19,29,34H,1,12,14-15,17H2;2-11,13,16,18,28,33H,1,12,14-15,17H2. The Morgan fingerprint density at radius 2 is 0.765 bits per heavy atom. The number of ether oxygens (including phenoxy) is 6. The third kappa shape index (κ3) is 19.3. The molecule has 28 heteroatoms. The van der Waals surface area contributed by atoms with Crippen LogP contribution in [0.15, 0.2) is 231 Å². The summed E-state index contributed by atoms with van der Waals surface area (Å²) in [6.07, 6.45) is 12.0. The van der Waals surface area contributed by atoms with Crippen LogP contribution < -0.4 is 28.4 Å². The van der Waals surface area contributed by atoms with Gasteiger partial charge in [0.05, 0.1) is 32.3 Å². The molecule has 1 saturated heterocycles. The summed E-state index contributed by atoms with van der Waals surface area (Å²) in [6, 6.07) is 55.8. The number of nitrogens with zero attached hydrogens (tertiary/aromatic N) is 10. The minimum atomic E-state index is -0.512. The predicted octanol–water partition coefficient (Wildman–Crippen LogP) is 19.1. The summed E-state index contributed by atoms with van der Waals surface area (Å²) >= 11 is 18.9. The van der Waals surface area contributed by atoms with Crippen LogP contribution in [0, 0.1) is 17.5 Å². The Labute approximate surface area is 699 Å². The van der Waals surface area contributed by atoms with E-state index in [0.717, 1.165) is 165 Å². The molecule has 9 heterocycles. The number of hydrogen-bond donors (Lipinski definition) is 3. The third-order valence-corrected chi connectivity index (χ3v) is 22.5. The maximum atomic E-state index is 13.4. The van der Waals surface area contributed by atoms with Gasteiger partial charge in [-0.3, -0.25) is 19.4 Å². The zero-order valence-electron chi connectivity index (χ0n) is 65.0. The highest BCUT2D eigenvalue weighted by atomic mass is 35.5. The summed E-state index contributed by atoms with van der Waals surface area (Å²) in [5, 5.41) is 12.9. The molecular formula is C91H85Cl3F3N13O9. The number of piperazine rings is 1. The monoisotopic (exact) mass is 1670 g/mol. The molecule has 119 heavy (non-hydrogen) atoms. The van der Waals surface area contributed by atoms with Gasteiger partial charge in [0, 0.05) is 155 Å². The highest BCUT2D eigenvalue weighted by Crippen LogP contribution is 2.44. The quantitative estimate of drug-likeness (QED) is 0.0570. The van der Waals surface area contributed by atoms with Crippen molar-refractivity contribution in [2.24, 2.45) is 0 Å². The number of fused-ring (bicyclic) bond motifs is 9. The molecule has 4 aliphatic heterocycles. The molecule has 0 aliphatic carbocycles. The first-order valence-electron chi connectivity index (χ1n) is 39.6. The molecule has 14 aromatic rings. The maximum Gasteiger partial charge on any atom is 0.416 e. The molecular weight excluding hydrogens is 1580 g/mol. The lowest BCUT2D eigenvalue weighted by molar-refractivity contribution is 0.134. The lowest BCUT2D eigenvalue weighted by Crippen LogP contribution is -2.44. The fourth-order valence-corrected chi connectivity index (χ4v) is 16.3. The Morgan fingerprint density at radius 3 is 1.11 bits per heavy atom. The number of rotatable bonds is 21. The number of imidazole rings is 1. The Morgan fingerprint density at radius 1 is 0.412 bits per heavy atom. The molecule has 4 aliphatic rings. The van der Waals surface area contributed by atoms with Crippen LogP contribution in [0.25, 0.3) is 32.7 Å². The number of aromatic nitrogens is 8. The number of carbonyl (C=O) groups excluding carboxylic acids is 3. The van der Waals surface area contributed by atoms with Crippen molar-refractivity contribution < 1.29 is 56.0 Å². The van der Waals surface area contributed by atoms with E-state index in [1.807, 2.05) is 144 Å². The molecule has 0 bridgehead atoms. The van der Waals surface area contributed by atoms with Gasteiger partial charge in [0.2, 0.25) is 0 Å². The van der Waals surface area contributed by atoms with Crippen molar-refractivity contribution in [1.82, 2.24) is 64.0 Å². The molecule has 0 spiro atoms. The normalized spacial score (nSPS) is 15.9. The van der Waals surface area contributed by atoms with Gasteiger partial charge in [-0.2, -0.15) is 0 Å². The van der Waals surface area contributed by atoms with Crippen molar-refractivity contribution in [3.8, 4) is 34.5 Å². The number of H-pyrrole nitrogens is 3. The van der Waals surface area contributed by atoms with Gasteiger partial charge in [-0.25, -0.2) is 32.5 Å². The van der Waals surface area contributed by atoms with Crippen LogP contribution in [0.2, 0.25) is 15.1 Å². The average Bonchev–Trinajstić information content (AvgIpc) is 1.62. The van der Waals surface area contributed by atoms with Gasteiger partial charge in [-0.1, -0.05) is 76.4 Å². The van der Waals surface area contributed by atoms with Gasteiger partial charge in [-0.15, -0.1) is 5.10 Å². The van der Waals surface area contributed by atoms with Gasteiger partial charge < -0.3 is 57.7 Å². The third-order valence-electron chi connectivity index (χ3n) is 21.8. The minimum absolute atomic E-state index is 0.281. The van der Waals surface area contributed by atoms with Crippen LogP contribution in [0.3, 0.4) is 0 Å². The SMILES string of the molecule is CN1CCN(CCCOc2ccc(C3c4[nH]c5ccc(Cl)cc5c4CCN3C(=O)Oc3ccc(F)cc3)cc2)CC1.O=C(Oc1ccc(F)cc1)N1CCc2c([nH]c3ccc(Cl)cc23)C1c1ccc(OCCCn2ccnc2)cc1.O=C(Oc1ccc(F)cc1)N1CCc2c([nH]c3ccc(Cl)cc23)C1c1ccc(OCCCn2ccnn2)cc1. The zero-order valence-corrected chi connectivity index (χ0v) is 67.3. The van der Waals surface area contributed by atoms with Crippen LogP contribution in [0.4, 0.5) is 27.6 Å². The van der Waals surface area contributed by atoms with E-state index >= 15 is 0 Å². The van der Waals surface area contributed by atoms with Crippen LogP contribution in [-0.4, -0.2) is 162 Å². The van der Waals surface area contributed by atoms with E-state index in [0.29, 0.717) is 79.5 Å². The molecule has 610 valence electrons. The lowest BCUT2D eigenvalue weighted by atomic mass is 9.92. The summed E-state index contributed by atoms with van der Waals surface area (Å²) in [7, 11) is 2.17. The molecule has 3 unspecified atom stereocenters. The summed E-state index contributed by atoms with van der Waals surface area (Å²) in [5.74, 6) is 1.98. The zero-order chi connectivity index (χ0) is 81.9. The first kappa shape index (κ1) is 80.5. The predicted molar refractivity (Wildman–Crippen MR) is 450 cm³/mol. The molecule has 3 N–H and O–H groups in total. The van der Waals surface area contributed by atoms with Crippen LogP contribution in [0.5, 0.6) is 34.5 Å².